The van der Waals surface area contributed by atoms with Gasteiger partial charge in [0.1, 0.15) is 12.2 Å². The molecular weight excluding hydrogens is 456 g/mol. The lowest BCUT2D eigenvalue weighted by molar-refractivity contribution is -0.164. The monoisotopic (exact) mass is 502 g/mol. The van der Waals surface area contributed by atoms with E-state index in [1.807, 2.05) is 20.8 Å². The summed E-state index contributed by atoms with van der Waals surface area (Å²) in [7, 11) is 0. The van der Waals surface area contributed by atoms with Gasteiger partial charge in [0, 0.05) is 11.3 Å². The molecule has 0 aromatic heterocycles. The van der Waals surface area contributed by atoms with Crippen LogP contribution in [0.5, 0.6) is 0 Å². The minimum absolute atomic E-state index is 0.00506. The van der Waals surface area contributed by atoms with E-state index in [1.54, 1.807) is 6.92 Å². The Kier molecular flexibility index (Phi) is 5.27. The summed E-state index contributed by atoms with van der Waals surface area (Å²) in [6.07, 6.45) is 4.58. The minimum atomic E-state index is -1.20. The van der Waals surface area contributed by atoms with Gasteiger partial charge < -0.3 is 25.2 Å². The molecule has 202 valence electrons. The lowest BCUT2D eigenvalue weighted by Crippen LogP contribution is -2.64. The van der Waals surface area contributed by atoms with Gasteiger partial charge in [0.2, 0.25) is 0 Å². The van der Waals surface area contributed by atoms with Crippen molar-refractivity contribution in [1.82, 2.24) is 0 Å². The van der Waals surface area contributed by atoms with Gasteiger partial charge in [-0.2, -0.15) is 0 Å². The van der Waals surface area contributed by atoms with E-state index >= 15 is 0 Å². The Morgan fingerprint density at radius 1 is 1.00 bits per heavy atom. The number of aliphatic hydroxyl groups excluding tert-OH is 1. The highest BCUT2D eigenvalue weighted by Gasteiger charge is 2.75. The van der Waals surface area contributed by atoms with E-state index < -0.39 is 40.5 Å². The standard InChI is InChI=1S/C30H46O6/c1-15(2)28(5,33)24-25(36-24)29(6,34)21-13-16-7-8-18-22-19(10-12-27(21,4)30(16,22)35)26(3)11-9-17(31)14-20(26)23(18)32/h15-17,19-21,24-25,31,33-35H,7-14H2,1-6H3. The summed E-state index contributed by atoms with van der Waals surface area (Å²) < 4.78 is 6.01. The van der Waals surface area contributed by atoms with Crippen LogP contribution < -0.4 is 0 Å². The smallest absolute Gasteiger partial charge is 0.162 e. The van der Waals surface area contributed by atoms with Gasteiger partial charge in [-0.15, -0.1) is 0 Å². The van der Waals surface area contributed by atoms with Crippen molar-refractivity contribution in [3.8, 4) is 0 Å². The van der Waals surface area contributed by atoms with Crippen molar-refractivity contribution >= 4 is 5.78 Å². The van der Waals surface area contributed by atoms with Crippen LogP contribution >= 0.6 is 0 Å². The van der Waals surface area contributed by atoms with Crippen molar-refractivity contribution < 1.29 is 30.0 Å². The van der Waals surface area contributed by atoms with Crippen LogP contribution in [-0.2, 0) is 9.53 Å². The van der Waals surface area contributed by atoms with Gasteiger partial charge in [0.15, 0.2) is 5.78 Å². The van der Waals surface area contributed by atoms with Crippen molar-refractivity contribution in [2.45, 2.75) is 128 Å². The molecule has 1 aliphatic heterocycles. The number of hydrogen-bond acceptors (Lipinski definition) is 6. The summed E-state index contributed by atoms with van der Waals surface area (Å²) in [5.41, 5.74) is -2.30. The normalized spacial score (nSPS) is 53.0. The number of carbonyl (C=O) groups excluding carboxylic acids is 1. The lowest BCUT2D eigenvalue weighted by Gasteiger charge is -2.63. The molecule has 36 heavy (non-hydrogen) atoms. The average molecular weight is 503 g/mol. The van der Waals surface area contributed by atoms with Gasteiger partial charge in [-0.1, -0.05) is 27.7 Å². The van der Waals surface area contributed by atoms with Crippen LogP contribution in [0.3, 0.4) is 0 Å². The zero-order valence-corrected chi connectivity index (χ0v) is 22.9. The number of aliphatic hydroxyl groups is 4. The summed E-state index contributed by atoms with van der Waals surface area (Å²) >= 11 is 0. The topological polar surface area (TPSA) is 111 Å². The summed E-state index contributed by atoms with van der Waals surface area (Å²) in [4.78, 5) is 13.9. The molecule has 0 aromatic rings. The third-order valence-corrected chi connectivity index (χ3v) is 12.8. The molecule has 12 atom stereocenters. The predicted octanol–water partition coefficient (Wildman–Crippen LogP) is 3.54. The molecule has 4 N–H and O–H groups in total. The number of Topliss-reactive ketones (excluding diaryl/α,β-unsaturated/α-hetero) is 1. The Balaban J connectivity index is 1.40. The van der Waals surface area contributed by atoms with Crippen molar-refractivity contribution in [2.24, 2.45) is 40.4 Å². The molecule has 0 spiro atoms. The molecular formula is C30H46O6. The number of fused-ring (bicyclic) bond motifs is 2. The number of carbonyl (C=O) groups is 1. The Bertz CT molecular complexity index is 1010. The van der Waals surface area contributed by atoms with E-state index in [4.69, 9.17) is 4.74 Å². The van der Waals surface area contributed by atoms with Gasteiger partial charge in [-0.05, 0) is 105 Å². The Morgan fingerprint density at radius 2 is 1.69 bits per heavy atom. The highest BCUT2D eigenvalue weighted by Crippen LogP contribution is 2.73. The van der Waals surface area contributed by atoms with Crippen LogP contribution in [0.2, 0.25) is 0 Å². The number of hydrogen-bond donors (Lipinski definition) is 4. The zero-order valence-electron chi connectivity index (χ0n) is 22.9. The van der Waals surface area contributed by atoms with Crippen LogP contribution in [-0.4, -0.2) is 61.3 Å². The van der Waals surface area contributed by atoms with E-state index in [9.17, 15) is 25.2 Å². The zero-order chi connectivity index (χ0) is 26.2. The molecule has 0 radical (unpaired) electrons. The molecule has 5 aliphatic carbocycles. The molecule has 0 amide bonds. The van der Waals surface area contributed by atoms with Gasteiger partial charge in [-0.3, -0.25) is 4.79 Å². The first kappa shape index (κ1) is 25.5. The summed E-state index contributed by atoms with van der Waals surface area (Å²) in [5.74, 6) is -0.0432. The Labute approximate surface area is 215 Å². The molecule has 1 saturated heterocycles. The average Bonchev–Trinajstić information content (AvgIpc) is 3.57. The SMILES string of the molecule is CC(C)C(C)(O)C1OC1C(C)(O)C1CC2CCC3=C4C(CCC1(C)C42O)C1(C)CCC(O)CC1C3=O. The number of allylic oxidation sites excluding steroid dienone is 1. The predicted molar refractivity (Wildman–Crippen MR) is 135 cm³/mol. The van der Waals surface area contributed by atoms with Gasteiger partial charge in [0.25, 0.3) is 0 Å². The second kappa shape index (κ2) is 7.44. The second-order valence-electron chi connectivity index (χ2n) is 14.6. The molecule has 6 heteroatoms. The van der Waals surface area contributed by atoms with E-state index in [-0.39, 0.29) is 40.8 Å². The summed E-state index contributed by atoms with van der Waals surface area (Å²) in [6, 6.07) is 0. The first-order chi connectivity index (χ1) is 16.6. The van der Waals surface area contributed by atoms with E-state index in [1.165, 1.54) is 0 Å². The van der Waals surface area contributed by atoms with Crippen molar-refractivity contribution in [2.75, 3.05) is 0 Å². The van der Waals surface area contributed by atoms with Crippen LogP contribution in [0, 0.1) is 40.4 Å². The van der Waals surface area contributed by atoms with Crippen molar-refractivity contribution in [3.63, 3.8) is 0 Å². The van der Waals surface area contributed by atoms with Crippen molar-refractivity contribution in [3.05, 3.63) is 11.1 Å². The summed E-state index contributed by atoms with van der Waals surface area (Å²) in [5, 5.41) is 46.4. The third-order valence-electron chi connectivity index (χ3n) is 12.8. The number of ether oxygens (including phenoxy) is 1. The quantitative estimate of drug-likeness (QED) is 0.438. The molecule has 6 nitrogen and oxygen atoms in total. The first-order valence-corrected chi connectivity index (χ1v) is 14.4. The highest BCUT2D eigenvalue weighted by molar-refractivity contribution is 6.00. The van der Waals surface area contributed by atoms with Crippen molar-refractivity contribution in [1.29, 1.82) is 0 Å². The van der Waals surface area contributed by atoms with Gasteiger partial charge in [0.05, 0.1) is 22.9 Å². The molecule has 0 bridgehead atoms. The molecule has 6 aliphatic rings. The molecule has 4 fully saturated rings. The fraction of sp³-hybridized carbons (Fsp3) is 0.900. The maximum atomic E-state index is 13.9. The van der Waals surface area contributed by atoms with Crippen LogP contribution in [0.1, 0.15) is 92.9 Å². The van der Waals surface area contributed by atoms with E-state index in [2.05, 4.69) is 13.8 Å². The van der Waals surface area contributed by atoms with E-state index in [0.29, 0.717) is 25.7 Å². The van der Waals surface area contributed by atoms with Gasteiger partial charge >= 0.3 is 0 Å². The first-order valence-electron chi connectivity index (χ1n) is 14.4. The highest BCUT2D eigenvalue weighted by atomic mass is 16.6. The largest absolute Gasteiger partial charge is 0.393 e. The minimum Gasteiger partial charge on any atom is -0.393 e. The molecule has 3 saturated carbocycles. The molecule has 12 unspecified atom stereocenters. The number of rotatable bonds is 4. The van der Waals surface area contributed by atoms with Crippen LogP contribution in [0.15, 0.2) is 11.1 Å². The summed E-state index contributed by atoms with van der Waals surface area (Å²) in [6.45, 7) is 11.9. The Morgan fingerprint density at radius 3 is 2.36 bits per heavy atom. The fourth-order valence-electron chi connectivity index (χ4n) is 10.1. The van der Waals surface area contributed by atoms with Crippen LogP contribution in [0.4, 0.5) is 0 Å². The maximum Gasteiger partial charge on any atom is 0.162 e. The second-order valence-corrected chi connectivity index (χ2v) is 14.6. The van der Waals surface area contributed by atoms with E-state index in [0.717, 1.165) is 36.8 Å². The van der Waals surface area contributed by atoms with Crippen LogP contribution in [0.25, 0.3) is 0 Å². The number of epoxide rings is 1. The lowest BCUT2D eigenvalue weighted by atomic mass is 9.42. The molecule has 0 aromatic carbocycles. The third kappa shape index (κ3) is 2.89. The number of ketones is 1. The maximum absolute atomic E-state index is 13.9. The molecule has 1 heterocycles. The van der Waals surface area contributed by atoms with Gasteiger partial charge in [-0.25, -0.2) is 0 Å². The molecule has 6 rings (SSSR count). The fourth-order valence-corrected chi connectivity index (χ4v) is 10.1. The Hall–Kier alpha value is -0.790.